The van der Waals surface area contributed by atoms with Crippen molar-refractivity contribution in [2.45, 2.75) is 12.5 Å². The number of amides is 5. The Labute approximate surface area is 200 Å². The van der Waals surface area contributed by atoms with Crippen LogP contribution in [0.2, 0.25) is 0 Å². The van der Waals surface area contributed by atoms with Crippen LogP contribution in [0.4, 0.5) is 4.79 Å². The van der Waals surface area contributed by atoms with Gasteiger partial charge in [0.05, 0.1) is 4.88 Å². The van der Waals surface area contributed by atoms with Crippen LogP contribution in [0.1, 0.15) is 22.2 Å². The molecule has 2 saturated heterocycles. The summed E-state index contributed by atoms with van der Waals surface area (Å²) in [7, 11) is 0. The van der Waals surface area contributed by atoms with Gasteiger partial charge in [0.2, 0.25) is 5.91 Å². The maximum atomic E-state index is 13.3. The Balaban J connectivity index is 1.25. The van der Waals surface area contributed by atoms with Crippen LogP contribution in [0.15, 0.2) is 60.0 Å². The molecule has 0 saturated carbocycles. The van der Waals surface area contributed by atoms with Gasteiger partial charge in [0.15, 0.2) is 0 Å². The molecule has 174 valence electrons. The number of benzene rings is 2. The fourth-order valence-electron chi connectivity index (χ4n) is 4.49. The lowest BCUT2D eigenvalue weighted by Gasteiger charge is -2.35. The molecule has 2 fully saturated rings. The molecule has 0 aliphatic carbocycles. The van der Waals surface area contributed by atoms with Gasteiger partial charge in [-0.15, -0.1) is 11.3 Å². The van der Waals surface area contributed by atoms with Crippen molar-refractivity contribution < 1.29 is 19.2 Å². The normalized spacial score (nSPS) is 20.7. The van der Waals surface area contributed by atoms with Crippen LogP contribution >= 0.6 is 11.3 Å². The van der Waals surface area contributed by atoms with E-state index in [0.29, 0.717) is 36.6 Å². The number of rotatable bonds is 4. The highest BCUT2D eigenvalue weighted by molar-refractivity contribution is 7.12. The highest BCUT2D eigenvalue weighted by atomic mass is 32.1. The summed E-state index contributed by atoms with van der Waals surface area (Å²) >= 11 is 1.39. The fourth-order valence-corrected chi connectivity index (χ4v) is 5.18. The summed E-state index contributed by atoms with van der Waals surface area (Å²) in [5.74, 6) is -0.801. The summed E-state index contributed by atoms with van der Waals surface area (Å²) < 4.78 is 0. The van der Waals surface area contributed by atoms with E-state index in [0.717, 1.165) is 15.7 Å². The Morgan fingerprint density at radius 3 is 2.35 bits per heavy atom. The van der Waals surface area contributed by atoms with Gasteiger partial charge in [-0.1, -0.05) is 42.5 Å². The van der Waals surface area contributed by atoms with Gasteiger partial charge in [0.25, 0.3) is 11.8 Å². The van der Waals surface area contributed by atoms with Crippen LogP contribution in [-0.2, 0) is 15.1 Å². The van der Waals surface area contributed by atoms with E-state index >= 15 is 0 Å². The van der Waals surface area contributed by atoms with Gasteiger partial charge in [-0.25, -0.2) is 4.79 Å². The van der Waals surface area contributed by atoms with Crippen LogP contribution in [0.25, 0.3) is 10.8 Å². The summed E-state index contributed by atoms with van der Waals surface area (Å²) in [6.07, 6.45) is 0. The number of hydrogen-bond donors (Lipinski definition) is 1. The second-order valence-corrected chi connectivity index (χ2v) is 9.61. The Kier molecular flexibility index (Phi) is 5.57. The first-order chi connectivity index (χ1) is 16.4. The Morgan fingerprint density at radius 2 is 1.65 bits per heavy atom. The Hall–Kier alpha value is -3.72. The molecule has 34 heavy (non-hydrogen) atoms. The van der Waals surface area contributed by atoms with Crippen LogP contribution < -0.4 is 5.32 Å². The third-order valence-corrected chi connectivity index (χ3v) is 7.40. The van der Waals surface area contributed by atoms with E-state index in [1.807, 2.05) is 53.9 Å². The molecule has 8 nitrogen and oxygen atoms in total. The van der Waals surface area contributed by atoms with Crippen molar-refractivity contribution in [1.29, 1.82) is 0 Å². The summed E-state index contributed by atoms with van der Waals surface area (Å²) in [5, 5.41) is 6.63. The molecule has 2 aliphatic rings. The van der Waals surface area contributed by atoms with Crippen molar-refractivity contribution in [2.24, 2.45) is 0 Å². The number of carbonyl (C=O) groups is 4. The minimum Gasteiger partial charge on any atom is -0.338 e. The molecular formula is C25H24N4O4S. The van der Waals surface area contributed by atoms with Crippen molar-refractivity contribution in [2.75, 3.05) is 32.7 Å². The number of piperazine rings is 1. The third-order valence-electron chi connectivity index (χ3n) is 6.55. The molecule has 1 N–H and O–H groups in total. The van der Waals surface area contributed by atoms with Gasteiger partial charge in [0.1, 0.15) is 12.1 Å². The van der Waals surface area contributed by atoms with E-state index in [9.17, 15) is 19.2 Å². The second kappa shape index (κ2) is 8.57. The molecule has 0 radical (unpaired) electrons. The quantitative estimate of drug-likeness (QED) is 0.587. The summed E-state index contributed by atoms with van der Waals surface area (Å²) in [6, 6.07) is 16.5. The number of urea groups is 1. The number of carbonyl (C=O) groups excluding carboxylic acids is 4. The summed E-state index contributed by atoms with van der Waals surface area (Å²) in [5.41, 5.74) is -0.576. The van der Waals surface area contributed by atoms with E-state index in [1.165, 1.54) is 11.3 Å². The minimum absolute atomic E-state index is 0.0395. The van der Waals surface area contributed by atoms with Gasteiger partial charge in [-0.05, 0) is 40.8 Å². The monoisotopic (exact) mass is 476 g/mol. The van der Waals surface area contributed by atoms with E-state index < -0.39 is 17.5 Å². The molecule has 2 aliphatic heterocycles. The zero-order chi connectivity index (χ0) is 23.9. The van der Waals surface area contributed by atoms with Gasteiger partial charge in [-0.3, -0.25) is 19.3 Å². The Morgan fingerprint density at radius 1 is 0.941 bits per heavy atom. The molecule has 0 spiro atoms. The fraction of sp³-hybridized carbons (Fsp3) is 0.280. The molecule has 9 heteroatoms. The van der Waals surface area contributed by atoms with Gasteiger partial charge < -0.3 is 15.1 Å². The van der Waals surface area contributed by atoms with Crippen molar-refractivity contribution in [3.63, 3.8) is 0 Å². The van der Waals surface area contributed by atoms with E-state index in [2.05, 4.69) is 5.32 Å². The SMILES string of the molecule is CC1(c2ccc3ccccc3c2)NC(=O)N(CC(=O)N2CCN(C(=O)c3cccs3)CC2)C1=O. The number of imide groups is 1. The highest BCUT2D eigenvalue weighted by Gasteiger charge is 2.49. The average Bonchev–Trinajstić information content (AvgIpc) is 3.47. The zero-order valence-electron chi connectivity index (χ0n) is 18.7. The Bertz CT molecular complexity index is 1280. The standard InChI is InChI=1S/C25H24N4O4S/c1-25(19-9-8-17-5-2-3-6-18(17)15-19)23(32)29(24(33)26-25)16-21(30)27-10-12-28(13-11-27)22(31)20-7-4-14-34-20/h2-9,14-15H,10-13,16H2,1H3,(H,26,33). The molecule has 1 atom stereocenters. The van der Waals surface area contributed by atoms with Crippen molar-refractivity contribution in [1.82, 2.24) is 20.0 Å². The lowest BCUT2D eigenvalue weighted by molar-refractivity contribution is -0.139. The molecule has 5 amide bonds. The van der Waals surface area contributed by atoms with Crippen LogP contribution in [-0.4, -0.2) is 71.2 Å². The maximum absolute atomic E-state index is 13.3. The number of hydrogen-bond acceptors (Lipinski definition) is 5. The van der Waals surface area contributed by atoms with Crippen LogP contribution in [0.5, 0.6) is 0 Å². The highest BCUT2D eigenvalue weighted by Crippen LogP contribution is 2.31. The summed E-state index contributed by atoms with van der Waals surface area (Å²) in [4.78, 5) is 56.4. The molecule has 3 aromatic rings. The first kappa shape index (κ1) is 22.1. The lowest BCUT2D eigenvalue weighted by atomic mass is 9.90. The minimum atomic E-state index is -1.24. The largest absolute Gasteiger partial charge is 0.338 e. The number of nitrogens with one attached hydrogen (secondary N) is 1. The first-order valence-corrected chi connectivity index (χ1v) is 12.0. The number of fused-ring (bicyclic) bond motifs is 1. The molecular weight excluding hydrogens is 452 g/mol. The third kappa shape index (κ3) is 3.81. The predicted octanol–water partition coefficient (Wildman–Crippen LogP) is 2.65. The van der Waals surface area contributed by atoms with Crippen molar-refractivity contribution in [3.05, 3.63) is 70.4 Å². The molecule has 0 bridgehead atoms. The summed E-state index contributed by atoms with van der Waals surface area (Å²) in [6.45, 7) is 2.89. The zero-order valence-corrected chi connectivity index (χ0v) is 19.5. The molecule has 5 rings (SSSR count). The van der Waals surface area contributed by atoms with Gasteiger partial charge >= 0.3 is 6.03 Å². The topological polar surface area (TPSA) is 90.0 Å². The van der Waals surface area contributed by atoms with Gasteiger partial charge in [0, 0.05) is 26.2 Å². The first-order valence-electron chi connectivity index (χ1n) is 11.1. The van der Waals surface area contributed by atoms with Crippen molar-refractivity contribution >= 4 is 45.9 Å². The molecule has 1 unspecified atom stereocenters. The maximum Gasteiger partial charge on any atom is 0.325 e. The molecule has 1 aromatic heterocycles. The van der Waals surface area contributed by atoms with Crippen LogP contribution in [0.3, 0.4) is 0 Å². The smallest absolute Gasteiger partial charge is 0.325 e. The van der Waals surface area contributed by atoms with Gasteiger partial charge in [-0.2, -0.15) is 0 Å². The van der Waals surface area contributed by atoms with E-state index in [1.54, 1.807) is 22.8 Å². The number of nitrogens with zero attached hydrogens (tertiary/aromatic N) is 3. The molecule has 3 heterocycles. The van der Waals surface area contributed by atoms with E-state index in [4.69, 9.17) is 0 Å². The second-order valence-electron chi connectivity index (χ2n) is 8.66. The molecule has 2 aromatic carbocycles. The van der Waals surface area contributed by atoms with Crippen LogP contribution in [0, 0.1) is 0 Å². The lowest BCUT2D eigenvalue weighted by Crippen LogP contribution is -2.53. The average molecular weight is 477 g/mol. The van der Waals surface area contributed by atoms with Crippen molar-refractivity contribution in [3.8, 4) is 0 Å². The predicted molar refractivity (Wildman–Crippen MR) is 128 cm³/mol. The van der Waals surface area contributed by atoms with E-state index in [-0.39, 0.29) is 18.4 Å². The number of thiophene rings is 1.